The Morgan fingerprint density at radius 2 is 1.57 bits per heavy atom. The van der Waals surface area contributed by atoms with Gasteiger partial charge in [0.25, 0.3) is 6.43 Å². The van der Waals surface area contributed by atoms with Gasteiger partial charge in [-0.2, -0.15) is 0 Å². The Balaban J connectivity index is 2.62. The predicted octanol–water partition coefficient (Wildman–Crippen LogP) is 3.48. The molecule has 72 valence electrons. The van der Waals surface area contributed by atoms with E-state index in [9.17, 15) is 8.78 Å². The van der Waals surface area contributed by atoms with Gasteiger partial charge in [0.15, 0.2) is 0 Å². The number of aromatic hydroxyl groups is 1. The fourth-order valence-electron chi connectivity index (χ4n) is 1.39. The zero-order valence-electron chi connectivity index (χ0n) is 7.24. The smallest absolute Gasteiger partial charge is 0.263 e. The number of fused-ring (bicyclic) bond motifs is 1. The lowest BCUT2D eigenvalue weighted by molar-refractivity contribution is 0.151. The lowest BCUT2D eigenvalue weighted by Crippen LogP contribution is -1.83. The van der Waals surface area contributed by atoms with E-state index in [2.05, 4.69) is 0 Å². The number of phenolic OH excluding ortho intramolecular Hbond substituents is 1. The number of phenols is 1. The average molecular weight is 194 g/mol. The summed E-state index contributed by atoms with van der Waals surface area (Å²) in [5.74, 6) is 0.141. The van der Waals surface area contributed by atoms with Crippen molar-refractivity contribution in [2.45, 2.75) is 6.43 Å². The molecule has 0 unspecified atom stereocenters. The monoisotopic (exact) mass is 194 g/mol. The molecule has 3 heteroatoms. The summed E-state index contributed by atoms with van der Waals surface area (Å²) < 4.78 is 24.6. The van der Waals surface area contributed by atoms with E-state index in [0.717, 1.165) is 5.39 Å². The van der Waals surface area contributed by atoms with Crippen molar-refractivity contribution in [3.05, 3.63) is 42.0 Å². The summed E-state index contributed by atoms with van der Waals surface area (Å²) in [5, 5.41) is 10.6. The third kappa shape index (κ3) is 1.53. The van der Waals surface area contributed by atoms with Crippen LogP contribution in [0.4, 0.5) is 8.78 Å². The van der Waals surface area contributed by atoms with Gasteiger partial charge in [0.2, 0.25) is 0 Å². The highest BCUT2D eigenvalue weighted by atomic mass is 19.3. The quantitative estimate of drug-likeness (QED) is 0.736. The summed E-state index contributed by atoms with van der Waals surface area (Å²) in [7, 11) is 0. The number of hydrogen-bond acceptors (Lipinski definition) is 1. The molecule has 0 radical (unpaired) electrons. The average Bonchev–Trinajstić information content (AvgIpc) is 2.16. The highest BCUT2D eigenvalue weighted by Crippen LogP contribution is 2.25. The maximum Gasteiger partial charge on any atom is 0.263 e. The van der Waals surface area contributed by atoms with Crippen molar-refractivity contribution in [1.82, 2.24) is 0 Å². The Morgan fingerprint density at radius 3 is 2.29 bits per heavy atom. The van der Waals surface area contributed by atoms with E-state index >= 15 is 0 Å². The minimum absolute atomic E-state index is 0.00295. The van der Waals surface area contributed by atoms with Gasteiger partial charge in [-0.3, -0.25) is 0 Å². The first-order valence-electron chi connectivity index (χ1n) is 4.17. The molecular formula is C11H8F2O. The third-order valence-electron chi connectivity index (χ3n) is 2.10. The fourth-order valence-corrected chi connectivity index (χ4v) is 1.39. The molecule has 14 heavy (non-hydrogen) atoms. The molecule has 0 saturated carbocycles. The van der Waals surface area contributed by atoms with Crippen molar-refractivity contribution in [2.24, 2.45) is 0 Å². The molecule has 2 rings (SSSR count). The molecule has 2 aromatic rings. The third-order valence-corrected chi connectivity index (χ3v) is 2.10. The number of hydrogen-bond donors (Lipinski definition) is 1. The Bertz CT molecular complexity index is 466. The first-order chi connectivity index (χ1) is 6.66. The van der Waals surface area contributed by atoms with Gasteiger partial charge in [-0.1, -0.05) is 18.2 Å². The van der Waals surface area contributed by atoms with E-state index in [1.54, 1.807) is 18.2 Å². The minimum Gasteiger partial charge on any atom is -0.508 e. The van der Waals surface area contributed by atoms with Crippen LogP contribution in [-0.4, -0.2) is 5.11 Å². The molecule has 0 heterocycles. The lowest BCUT2D eigenvalue weighted by atomic mass is 10.1. The molecule has 2 aromatic carbocycles. The van der Waals surface area contributed by atoms with Crippen molar-refractivity contribution in [1.29, 1.82) is 0 Å². The second-order valence-corrected chi connectivity index (χ2v) is 3.09. The van der Waals surface area contributed by atoms with Crippen molar-refractivity contribution < 1.29 is 13.9 Å². The topological polar surface area (TPSA) is 20.2 Å². The molecule has 0 atom stereocenters. The summed E-state index contributed by atoms with van der Waals surface area (Å²) in [4.78, 5) is 0. The Morgan fingerprint density at radius 1 is 0.929 bits per heavy atom. The first kappa shape index (κ1) is 8.94. The fraction of sp³-hybridized carbons (Fsp3) is 0.0909. The SMILES string of the molecule is Oc1ccc2cc(C(F)F)ccc2c1. The van der Waals surface area contributed by atoms with Gasteiger partial charge in [0.05, 0.1) is 0 Å². The van der Waals surface area contributed by atoms with Crippen molar-refractivity contribution in [3.8, 4) is 5.75 Å². The molecule has 0 bridgehead atoms. The largest absolute Gasteiger partial charge is 0.508 e. The van der Waals surface area contributed by atoms with Crippen LogP contribution in [0.25, 0.3) is 10.8 Å². The van der Waals surface area contributed by atoms with E-state index in [-0.39, 0.29) is 11.3 Å². The van der Waals surface area contributed by atoms with Crippen LogP contribution in [0.1, 0.15) is 12.0 Å². The first-order valence-corrected chi connectivity index (χ1v) is 4.17. The zero-order valence-corrected chi connectivity index (χ0v) is 7.24. The highest BCUT2D eigenvalue weighted by Gasteiger charge is 2.06. The summed E-state index contributed by atoms with van der Waals surface area (Å²) in [5.41, 5.74) is 0.00295. The van der Waals surface area contributed by atoms with Gasteiger partial charge < -0.3 is 5.11 Å². The van der Waals surface area contributed by atoms with Crippen molar-refractivity contribution in [3.63, 3.8) is 0 Å². The van der Waals surface area contributed by atoms with Gasteiger partial charge >= 0.3 is 0 Å². The van der Waals surface area contributed by atoms with Crippen LogP contribution in [0.3, 0.4) is 0 Å². The van der Waals surface area contributed by atoms with Gasteiger partial charge in [0, 0.05) is 5.56 Å². The zero-order chi connectivity index (χ0) is 10.1. The summed E-state index contributed by atoms with van der Waals surface area (Å²) >= 11 is 0. The van der Waals surface area contributed by atoms with Gasteiger partial charge in [-0.05, 0) is 29.0 Å². The van der Waals surface area contributed by atoms with Crippen LogP contribution in [0, 0.1) is 0 Å². The van der Waals surface area contributed by atoms with E-state index in [1.165, 1.54) is 18.2 Å². The van der Waals surface area contributed by atoms with Gasteiger partial charge in [-0.25, -0.2) is 8.78 Å². The van der Waals surface area contributed by atoms with Gasteiger partial charge in [-0.15, -0.1) is 0 Å². The van der Waals surface area contributed by atoms with Crippen LogP contribution < -0.4 is 0 Å². The molecule has 0 saturated heterocycles. The molecule has 0 amide bonds. The molecule has 0 aliphatic carbocycles. The predicted molar refractivity (Wildman–Crippen MR) is 50.6 cm³/mol. The van der Waals surface area contributed by atoms with Crippen LogP contribution >= 0.6 is 0 Å². The van der Waals surface area contributed by atoms with Crippen molar-refractivity contribution in [2.75, 3.05) is 0 Å². The Hall–Kier alpha value is -1.64. The Labute approximate surface area is 79.6 Å². The second-order valence-electron chi connectivity index (χ2n) is 3.09. The molecular weight excluding hydrogens is 186 g/mol. The Kier molecular flexibility index (Phi) is 2.08. The maximum atomic E-state index is 12.3. The molecule has 0 aliphatic rings. The molecule has 1 N–H and O–H groups in total. The number of benzene rings is 2. The van der Waals surface area contributed by atoms with E-state index in [0.29, 0.717) is 5.39 Å². The molecule has 0 spiro atoms. The normalized spacial score (nSPS) is 11.1. The van der Waals surface area contributed by atoms with Crippen LogP contribution in [0.2, 0.25) is 0 Å². The van der Waals surface area contributed by atoms with E-state index in [1.807, 2.05) is 0 Å². The minimum atomic E-state index is -2.45. The summed E-state index contributed by atoms with van der Waals surface area (Å²) in [6.45, 7) is 0. The standard InChI is InChI=1S/C11H8F2O/c12-11(13)9-2-1-8-6-10(14)4-3-7(8)5-9/h1-6,11,14H. The summed E-state index contributed by atoms with van der Waals surface area (Å²) in [6.07, 6.45) is -2.45. The molecule has 0 fully saturated rings. The van der Waals surface area contributed by atoms with Gasteiger partial charge in [0.1, 0.15) is 5.75 Å². The van der Waals surface area contributed by atoms with Crippen LogP contribution in [0.15, 0.2) is 36.4 Å². The van der Waals surface area contributed by atoms with E-state index < -0.39 is 6.43 Å². The summed E-state index contributed by atoms with van der Waals surface area (Å²) in [6, 6.07) is 9.03. The molecule has 0 aromatic heterocycles. The van der Waals surface area contributed by atoms with Crippen molar-refractivity contribution >= 4 is 10.8 Å². The molecule has 0 aliphatic heterocycles. The number of alkyl halides is 2. The number of halogens is 2. The van der Waals surface area contributed by atoms with E-state index in [4.69, 9.17) is 5.11 Å². The maximum absolute atomic E-state index is 12.3. The lowest BCUT2D eigenvalue weighted by Gasteiger charge is -2.02. The van der Waals surface area contributed by atoms with Crippen LogP contribution in [0.5, 0.6) is 5.75 Å². The highest BCUT2D eigenvalue weighted by molar-refractivity contribution is 5.84. The van der Waals surface area contributed by atoms with Crippen LogP contribution in [-0.2, 0) is 0 Å². The molecule has 1 nitrogen and oxygen atoms in total. The second kappa shape index (κ2) is 3.25. The number of rotatable bonds is 1.